The van der Waals surface area contributed by atoms with Crippen molar-refractivity contribution in [3.05, 3.63) is 59.4 Å². The summed E-state index contributed by atoms with van der Waals surface area (Å²) in [7, 11) is 0. The standard InChI is InChI=1S/C14H11FO/c1-10-8-13(15)6-7-14(10)12-4-2-11(9-16)3-5-12/h2-9H,1H3. The maximum Gasteiger partial charge on any atom is 0.150 e. The van der Waals surface area contributed by atoms with Gasteiger partial charge in [-0.3, -0.25) is 4.79 Å². The van der Waals surface area contributed by atoms with E-state index in [2.05, 4.69) is 0 Å². The van der Waals surface area contributed by atoms with Crippen LogP contribution < -0.4 is 0 Å². The molecule has 0 saturated carbocycles. The van der Waals surface area contributed by atoms with Gasteiger partial charge in [0, 0.05) is 5.56 Å². The summed E-state index contributed by atoms with van der Waals surface area (Å²) in [6.45, 7) is 1.87. The van der Waals surface area contributed by atoms with Crippen molar-refractivity contribution in [3.8, 4) is 11.1 Å². The molecule has 0 amide bonds. The Hall–Kier alpha value is -1.96. The summed E-state index contributed by atoms with van der Waals surface area (Å²) in [4.78, 5) is 10.5. The molecule has 2 aromatic carbocycles. The first-order chi connectivity index (χ1) is 7.70. The summed E-state index contributed by atoms with van der Waals surface area (Å²) in [5, 5.41) is 0. The Balaban J connectivity index is 2.46. The van der Waals surface area contributed by atoms with Crippen molar-refractivity contribution in [1.29, 1.82) is 0 Å². The van der Waals surface area contributed by atoms with Crippen molar-refractivity contribution in [2.24, 2.45) is 0 Å². The molecule has 0 bridgehead atoms. The molecule has 0 N–H and O–H groups in total. The Bertz CT molecular complexity index is 515. The Kier molecular flexibility index (Phi) is 2.82. The van der Waals surface area contributed by atoms with Gasteiger partial charge < -0.3 is 0 Å². The van der Waals surface area contributed by atoms with Crippen molar-refractivity contribution in [1.82, 2.24) is 0 Å². The van der Waals surface area contributed by atoms with E-state index in [1.165, 1.54) is 12.1 Å². The molecule has 0 aliphatic heterocycles. The fourth-order valence-corrected chi connectivity index (χ4v) is 1.69. The molecule has 2 rings (SSSR count). The lowest BCUT2D eigenvalue weighted by Crippen LogP contribution is -1.86. The maximum atomic E-state index is 12.9. The van der Waals surface area contributed by atoms with Crippen LogP contribution in [0.2, 0.25) is 0 Å². The number of hydrogen-bond donors (Lipinski definition) is 0. The molecule has 0 unspecified atom stereocenters. The number of aldehydes is 1. The van der Waals surface area contributed by atoms with Gasteiger partial charge in [-0.1, -0.05) is 30.3 Å². The smallest absolute Gasteiger partial charge is 0.150 e. The first kappa shape index (κ1) is 10.6. The predicted octanol–water partition coefficient (Wildman–Crippen LogP) is 3.61. The lowest BCUT2D eigenvalue weighted by molar-refractivity contribution is 0.112. The van der Waals surface area contributed by atoms with Gasteiger partial charge in [0.15, 0.2) is 0 Å². The average Bonchev–Trinajstić information content (AvgIpc) is 2.29. The fraction of sp³-hybridized carbons (Fsp3) is 0.0714. The summed E-state index contributed by atoms with van der Waals surface area (Å²) in [5.74, 6) is -0.231. The minimum atomic E-state index is -0.231. The largest absolute Gasteiger partial charge is 0.298 e. The van der Waals surface area contributed by atoms with E-state index in [-0.39, 0.29) is 5.82 Å². The second kappa shape index (κ2) is 4.27. The van der Waals surface area contributed by atoms with Crippen molar-refractivity contribution >= 4 is 6.29 Å². The van der Waals surface area contributed by atoms with Gasteiger partial charge in [0.05, 0.1) is 0 Å². The van der Waals surface area contributed by atoms with E-state index in [9.17, 15) is 9.18 Å². The summed E-state index contributed by atoms with van der Waals surface area (Å²) in [5.41, 5.74) is 3.50. The Morgan fingerprint density at radius 2 is 1.75 bits per heavy atom. The van der Waals surface area contributed by atoms with E-state index in [0.717, 1.165) is 23.0 Å². The van der Waals surface area contributed by atoms with E-state index < -0.39 is 0 Å². The lowest BCUT2D eigenvalue weighted by atomic mass is 10.00. The van der Waals surface area contributed by atoms with Crippen LogP contribution in [0, 0.1) is 12.7 Å². The third-order valence-corrected chi connectivity index (χ3v) is 2.55. The molecule has 0 saturated heterocycles. The van der Waals surface area contributed by atoms with Crippen molar-refractivity contribution in [2.45, 2.75) is 6.92 Å². The van der Waals surface area contributed by atoms with Crippen molar-refractivity contribution in [3.63, 3.8) is 0 Å². The van der Waals surface area contributed by atoms with Crippen LogP contribution in [0.5, 0.6) is 0 Å². The lowest BCUT2D eigenvalue weighted by Gasteiger charge is -2.06. The normalized spacial score (nSPS) is 10.1. The summed E-state index contributed by atoms with van der Waals surface area (Å²) >= 11 is 0. The molecule has 2 heteroatoms. The Morgan fingerprint density at radius 1 is 1.06 bits per heavy atom. The van der Waals surface area contributed by atoms with Crippen LogP contribution in [0.25, 0.3) is 11.1 Å². The molecule has 0 radical (unpaired) electrons. The maximum absolute atomic E-state index is 12.9. The molecule has 16 heavy (non-hydrogen) atoms. The second-order valence-corrected chi connectivity index (χ2v) is 3.70. The molecule has 80 valence electrons. The number of aryl methyl sites for hydroxylation is 1. The second-order valence-electron chi connectivity index (χ2n) is 3.70. The number of carbonyl (C=O) groups is 1. The summed E-state index contributed by atoms with van der Waals surface area (Å²) < 4.78 is 12.9. The highest BCUT2D eigenvalue weighted by molar-refractivity contribution is 5.77. The van der Waals surface area contributed by atoms with Gasteiger partial charge in [-0.25, -0.2) is 4.39 Å². The van der Waals surface area contributed by atoms with Crippen LogP contribution in [-0.4, -0.2) is 6.29 Å². The SMILES string of the molecule is Cc1cc(F)ccc1-c1ccc(C=O)cc1. The van der Waals surface area contributed by atoms with Gasteiger partial charge in [-0.2, -0.15) is 0 Å². The first-order valence-electron chi connectivity index (χ1n) is 5.02. The molecular formula is C14H11FO. The average molecular weight is 214 g/mol. The van der Waals surface area contributed by atoms with Crippen LogP contribution in [0.1, 0.15) is 15.9 Å². The van der Waals surface area contributed by atoms with E-state index in [1.54, 1.807) is 18.2 Å². The Labute approximate surface area is 93.5 Å². The van der Waals surface area contributed by atoms with Crippen LogP contribution in [0.3, 0.4) is 0 Å². The number of rotatable bonds is 2. The van der Waals surface area contributed by atoms with Gasteiger partial charge in [0.2, 0.25) is 0 Å². The predicted molar refractivity (Wildman–Crippen MR) is 62.0 cm³/mol. The quantitative estimate of drug-likeness (QED) is 0.698. The highest BCUT2D eigenvalue weighted by Crippen LogP contribution is 2.23. The van der Waals surface area contributed by atoms with Gasteiger partial charge in [0.1, 0.15) is 12.1 Å². The van der Waals surface area contributed by atoms with Gasteiger partial charge in [0.25, 0.3) is 0 Å². The summed E-state index contributed by atoms with van der Waals surface area (Å²) in [6, 6.07) is 11.9. The van der Waals surface area contributed by atoms with Crippen molar-refractivity contribution in [2.75, 3.05) is 0 Å². The molecule has 0 fully saturated rings. The molecule has 0 atom stereocenters. The molecule has 0 aliphatic carbocycles. The van der Waals surface area contributed by atoms with E-state index >= 15 is 0 Å². The van der Waals surface area contributed by atoms with Gasteiger partial charge in [-0.05, 0) is 35.7 Å². The molecular weight excluding hydrogens is 203 g/mol. The Morgan fingerprint density at radius 3 is 2.31 bits per heavy atom. The topological polar surface area (TPSA) is 17.1 Å². The molecule has 1 nitrogen and oxygen atoms in total. The van der Waals surface area contributed by atoms with Gasteiger partial charge in [-0.15, -0.1) is 0 Å². The zero-order chi connectivity index (χ0) is 11.5. The first-order valence-corrected chi connectivity index (χ1v) is 5.02. The van der Waals surface area contributed by atoms with E-state index in [1.807, 2.05) is 19.1 Å². The third-order valence-electron chi connectivity index (χ3n) is 2.55. The number of benzene rings is 2. The minimum absolute atomic E-state index is 0.231. The summed E-state index contributed by atoms with van der Waals surface area (Å²) in [6.07, 6.45) is 0.807. The van der Waals surface area contributed by atoms with E-state index in [4.69, 9.17) is 0 Å². The van der Waals surface area contributed by atoms with Crippen LogP contribution in [0.4, 0.5) is 4.39 Å². The highest BCUT2D eigenvalue weighted by atomic mass is 19.1. The highest BCUT2D eigenvalue weighted by Gasteiger charge is 2.02. The number of halogens is 1. The van der Waals surface area contributed by atoms with Crippen LogP contribution in [-0.2, 0) is 0 Å². The molecule has 0 heterocycles. The molecule has 0 aromatic heterocycles. The zero-order valence-electron chi connectivity index (χ0n) is 8.91. The number of hydrogen-bond acceptors (Lipinski definition) is 1. The van der Waals surface area contributed by atoms with Crippen LogP contribution in [0.15, 0.2) is 42.5 Å². The molecule has 2 aromatic rings. The fourth-order valence-electron chi connectivity index (χ4n) is 1.69. The zero-order valence-corrected chi connectivity index (χ0v) is 8.91. The van der Waals surface area contributed by atoms with E-state index in [0.29, 0.717) is 5.56 Å². The monoisotopic (exact) mass is 214 g/mol. The van der Waals surface area contributed by atoms with Crippen molar-refractivity contribution < 1.29 is 9.18 Å². The molecule has 0 aliphatic rings. The minimum Gasteiger partial charge on any atom is -0.298 e. The van der Waals surface area contributed by atoms with Gasteiger partial charge >= 0.3 is 0 Å². The molecule has 0 spiro atoms. The van der Waals surface area contributed by atoms with Crippen LogP contribution >= 0.6 is 0 Å². The third kappa shape index (κ3) is 2.01. The number of carbonyl (C=O) groups excluding carboxylic acids is 1.